The molecular formula is C22H22N4O5. The number of aryl methyl sites for hydroxylation is 1. The van der Waals surface area contributed by atoms with E-state index in [0.717, 1.165) is 17.1 Å². The van der Waals surface area contributed by atoms with Crippen LogP contribution in [0.15, 0.2) is 42.6 Å². The predicted octanol–water partition coefficient (Wildman–Crippen LogP) is 3.40. The lowest BCUT2D eigenvalue weighted by molar-refractivity contribution is 0.102. The smallest absolute Gasteiger partial charge is 0.259 e. The second-order valence-corrected chi connectivity index (χ2v) is 6.76. The molecule has 160 valence electrons. The Labute approximate surface area is 179 Å². The van der Waals surface area contributed by atoms with Crippen molar-refractivity contribution in [1.82, 2.24) is 9.97 Å². The molecule has 4 rings (SSSR count). The Balaban J connectivity index is 1.41. The van der Waals surface area contributed by atoms with E-state index in [-0.39, 0.29) is 12.7 Å². The summed E-state index contributed by atoms with van der Waals surface area (Å²) in [6.45, 7) is 2.51. The third-order valence-electron chi connectivity index (χ3n) is 4.75. The third kappa shape index (κ3) is 4.45. The first-order valence-electron chi connectivity index (χ1n) is 9.57. The van der Waals surface area contributed by atoms with Crippen LogP contribution in [0.3, 0.4) is 0 Å². The Morgan fingerprint density at radius 3 is 2.65 bits per heavy atom. The molecule has 0 bridgehead atoms. The van der Waals surface area contributed by atoms with E-state index in [1.54, 1.807) is 32.2 Å². The van der Waals surface area contributed by atoms with Gasteiger partial charge in [-0.1, -0.05) is 6.07 Å². The molecule has 0 unspecified atom stereocenters. The largest absolute Gasteiger partial charge is 0.493 e. The maximum absolute atomic E-state index is 12.7. The van der Waals surface area contributed by atoms with Crippen LogP contribution in [0.25, 0.3) is 0 Å². The number of anilines is 2. The van der Waals surface area contributed by atoms with Crippen molar-refractivity contribution in [1.29, 1.82) is 0 Å². The van der Waals surface area contributed by atoms with Crippen molar-refractivity contribution in [2.75, 3.05) is 31.6 Å². The van der Waals surface area contributed by atoms with Crippen molar-refractivity contribution in [3.05, 3.63) is 59.4 Å². The first-order chi connectivity index (χ1) is 15.1. The molecule has 1 amide bonds. The summed E-state index contributed by atoms with van der Waals surface area (Å²) in [5, 5.41) is 5.98. The van der Waals surface area contributed by atoms with Crippen LogP contribution in [0.1, 0.15) is 21.6 Å². The average Bonchev–Trinajstić information content (AvgIpc) is 3.25. The highest BCUT2D eigenvalue weighted by Gasteiger charge is 2.15. The third-order valence-corrected chi connectivity index (χ3v) is 4.75. The molecule has 0 saturated heterocycles. The molecule has 1 aliphatic heterocycles. The van der Waals surface area contributed by atoms with Crippen LogP contribution in [0.2, 0.25) is 0 Å². The minimum atomic E-state index is -0.313. The van der Waals surface area contributed by atoms with Crippen LogP contribution >= 0.6 is 0 Å². The van der Waals surface area contributed by atoms with E-state index >= 15 is 0 Å². The second kappa shape index (κ2) is 8.78. The van der Waals surface area contributed by atoms with E-state index in [1.165, 1.54) is 13.3 Å². The number of aromatic nitrogens is 2. The quantitative estimate of drug-likeness (QED) is 0.597. The zero-order valence-electron chi connectivity index (χ0n) is 17.4. The van der Waals surface area contributed by atoms with Crippen molar-refractivity contribution in [3.63, 3.8) is 0 Å². The number of nitrogens with one attached hydrogen (secondary N) is 2. The van der Waals surface area contributed by atoms with Crippen molar-refractivity contribution in [3.8, 4) is 23.0 Å². The zero-order valence-corrected chi connectivity index (χ0v) is 17.4. The van der Waals surface area contributed by atoms with Gasteiger partial charge in [0.25, 0.3) is 5.91 Å². The number of carbonyl (C=O) groups excluding carboxylic acids is 1. The topological polar surface area (TPSA) is 104 Å². The number of hydrogen-bond acceptors (Lipinski definition) is 8. The minimum Gasteiger partial charge on any atom is -0.493 e. The Morgan fingerprint density at radius 1 is 1.06 bits per heavy atom. The highest BCUT2D eigenvalue weighted by atomic mass is 16.7. The molecule has 2 aromatic carbocycles. The lowest BCUT2D eigenvalue weighted by Crippen LogP contribution is -2.16. The van der Waals surface area contributed by atoms with Gasteiger partial charge in [0, 0.05) is 24.5 Å². The SMILES string of the molecule is COc1ccc(NC(=O)c2cnc(NCc3ccc4c(c3)OCO4)nc2C)cc1OC. The molecule has 0 aliphatic carbocycles. The molecule has 0 fully saturated rings. The molecule has 0 saturated carbocycles. The predicted molar refractivity (Wildman–Crippen MR) is 114 cm³/mol. The van der Waals surface area contributed by atoms with Gasteiger partial charge in [0.2, 0.25) is 12.7 Å². The number of rotatable bonds is 7. The van der Waals surface area contributed by atoms with Gasteiger partial charge in [0.05, 0.1) is 25.5 Å². The normalized spacial score (nSPS) is 11.7. The van der Waals surface area contributed by atoms with Crippen molar-refractivity contribution in [2.45, 2.75) is 13.5 Å². The number of carbonyl (C=O) groups is 1. The summed E-state index contributed by atoms with van der Waals surface area (Å²) in [6.07, 6.45) is 1.50. The number of fused-ring (bicyclic) bond motifs is 1. The number of amides is 1. The summed E-state index contributed by atoms with van der Waals surface area (Å²) in [4.78, 5) is 21.3. The van der Waals surface area contributed by atoms with E-state index in [0.29, 0.717) is 40.9 Å². The molecule has 9 heteroatoms. The summed E-state index contributed by atoms with van der Waals surface area (Å²) in [5.74, 6) is 2.68. The van der Waals surface area contributed by atoms with Gasteiger partial charge in [0.1, 0.15) is 0 Å². The molecular weight excluding hydrogens is 400 g/mol. The lowest BCUT2D eigenvalue weighted by atomic mass is 10.2. The minimum absolute atomic E-state index is 0.237. The fourth-order valence-electron chi connectivity index (χ4n) is 3.12. The number of benzene rings is 2. The van der Waals surface area contributed by atoms with E-state index in [2.05, 4.69) is 20.6 Å². The Kier molecular flexibility index (Phi) is 5.74. The second-order valence-electron chi connectivity index (χ2n) is 6.76. The van der Waals surface area contributed by atoms with Gasteiger partial charge in [-0.25, -0.2) is 9.97 Å². The van der Waals surface area contributed by atoms with Crippen molar-refractivity contribution in [2.24, 2.45) is 0 Å². The Morgan fingerprint density at radius 2 is 1.87 bits per heavy atom. The Hall–Kier alpha value is -4.01. The van der Waals surface area contributed by atoms with Crippen molar-refractivity contribution >= 4 is 17.5 Å². The molecule has 0 atom stereocenters. The van der Waals surface area contributed by atoms with Crippen LogP contribution in [0, 0.1) is 6.92 Å². The monoisotopic (exact) mass is 422 g/mol. The molecule has 1 aromatic heterocycles. The first-order valence-corrected chi connectivity index (χ1v) is 9.57. The van der Waals surface area contributed by atoms with Crippen LogP contribution in [0.5, 0.6) is 23.0 Å². The van der Waals surface area contributed by atoms with Gasteiger partial charge in [-0.2, -0.15) is 0 Å². The van der Waals surface area contributed by atoms with E-state index in [4.69, 9.17) is 18.9 Å². The molecule has 2 N–H and O–H groups in total. The number of hydrogen-bond donors (Lipinski definition) is 2. The maximum atomic E-state index is 12.7. The lowest BCUT2D eigenvalue weighted by Gasteiger charge is -2.12. The maximum Gasteiger partial charge on any atom is 0.259 e. The van der Waals surface area contributed by atoms with Crippen LogP contribution in [0.4, 0.5) is 11.6 Å². The number of methoxy groups -OCH3 is 2. The fourth-order valence-corrected chi connectivity index (χ4v) is 3.12. The molecule has 31 heavy (non-hydrogen) atoms. The fraction of sp³-hybridized carbons (Fsp3) is 0.227. The molecule has 0 radical (unpaired) electrons. The molecule has 3 aromatic rings. The highest BCUT2D eigenvalue weighted by molar-refractivity contribution is 6.05. The molecule has 9 nitrogen and oxygen atoms in total. The molecule has 1 aliphatic rings. The summed E-state index contributed by atoms with van der Waals surface area (Å²) in [6, 6.07) is 10.9. The van der Waals surface area contributed by atoms with Crippen LogP contribution in [-0.4, -0.2) is 36.9 Å². The summed E-state index contributed by atoms with van der Waals surface area (Å²) in [7, 11) is 3.09. The summed E-state index contributed by atoms with van der Waals surface area (Å²) in [5.41, 5.74) is 2.51. The van der Waals surface area contributed by atoms with Gasteiger partial charge in [-0.15, -0.1) is 0 Å². The number of nitrogens with zero attached hydrogens (tertiary/aromatic N) is 2. The van der Waals surface area contributed by atoms with Gasteiger partial charge in [-0.05, 0) is 36.8 Å². The van der Waals surface area contributed by atoms with Gasteiger partial charge >= 0.3 is 0 Å². The molecule has 2 heterocycles. The average molecular weight is 422 g/mol. The highest BCUT2D eigenvalue weighted by Crippen LogP contribution is 2.32. The first kappa shape index (κ1) is 20.3. The van der Waals surface area contributed by atoms with E-state index < -0.39 is 0 Å². The summed E-state index contributed by atoms with van der Waals surface area (Å²) >= 11 is 0. The molecule has 0 spiro atoms. The van der Waals surface area contributed by atoms with Gasteiger partial charge in [-0.3, -0.25) is 4.79 Å². The number of ether oxygens (including phenoxy) is 4. The summed E-state index contributed by atoms with van der Waals surface area (Å²) < 4.78 is 21.2. The van der Waals surface area contributed by atoms with E-state index in [1.807, 2.05) is 18.2 Å². The zero-order chi connectivity index (χ0) is 21.8. The van der Waals surface area contributed by atoms with E-state index in [9.17, 15) is 4.79 Å². The van der Waals surface area contributed by atoms with Crippen LogP contribution < -0.4 is 29.6 Å². The standard InChI is InChI=1S/C22H22N4O5/c1-13-16(21(27)26-15-5-7-17(28-2)19(9-15)29-3)11-24-22(25-13)23-10-14-4-6-18-20(8-14)31-12-30-18/h4-9,11H,10,12H2,1-3H3,(H,26,27)(H,23,24,25). The van der Waals surface area contributed by atoms with Gasteiger partial charge in [0.15, 0.2) is 23.0 Å². The van der Waals surface area contributed by atoms with Crippen LogP contribution in [-0.2, 0) is 6.54 Å². The van der Waals surface area contributed by atoms with Crippen molar-refractivity contribution < 1.29 is 23.7 Å². The Bertz CT molecular complexity index is 1120. The van der Waals surface area contributed by atoms with Gasteiger partial charge < -0.3 is 29.6 Å².